The van der Waals surface area contributed by atoms with E-state index in [4.69, 9.17) is 9.47 Å². The van der Waals surface area contributed by atoms with Crippen LogP contribution < -0.4 is 19.1 Å². The molecule has 1 atom stereocenters. The molecule has 0 aliphatic carbocycles. The Balaban J connectivity index is 2.07. The van der Waals surface area contributed by atoms with Crippen molar-refractivity contribution in [2.24, 2.45) is 0 Å². The average Bonchev–Trinajstić information content (AvgIpc) is 2.93. The molecular formula is C31H39N3O6S. The first-order chi connectivity index (χ1) is 19.4. The van der Waals surface area contributed by atoms with Gasteiger partial charge in [0.25, 0.3) is 0 Å². The maximum absolute atomic E-state index is 14.1. The van der Waals surface area contributed by atoms with Crippen molar-refractivity contribution in [1.82, 2.24) is 10.2 Å². The van der Waals surface area contributed by atoms with Gasteiger partial charge in [0.15, 0.2) is 11.5 Å². The summed E-state index contributed by atoms with van der Waals surface area (Å²) >= 11 is 0. The number of carbonyl (C=O) groups is 2. The number of sulfonamides is 1. The molecule has 0 heterocycles. The van der Waals surface area contributed by atoms with Gasteiger partial charge in [0.05, 0.1) is 26.2 Å². The molecule has 0 aliphatic heterocycles. The predicted octanol–water partition coefficient (Wildman–Crippen LogP) is 3.94. The van der Waals surface area contributed by atoms with Crippen LogP contribution in [0.4, 0.5) is 5.69 Å². The zero-order valence-electron chi connectivity index (χ0n) is 24.5. The van der Waals surface area contributed by atoms with E-state index in [0.29, 0.717) is 11.5 Å². The average molecular weight is 582 g/mol. The van der Waals surface area contributed by atoms with Gasteiger partial charge in [-0.1, -0.05) is 60.2 Å². The predicted molar refractivity (Wildman–Crippen MR) is 161 cm³/mol. The van der Waals surface area contributed by atoms with Crippen LogP contribution in [0.15, 0.2) is 72.8 Å². The number of nitrogens with one attached hydrogen (secondary N) is 1. The fourth-order valence-electron chi connectivity index (χ4n) is 4.42. The maximum atomic E-state index is 14.1. The summed E-state index contributed by atoms with van der Waals surface area (Å²) in [6, 6.07) is 20.7. The van der Waals surface area contributed by atoms with Gasteiger partial charge < -0.3 is 19.7 Å². The third-order valence-electron chi connectivity index (χ3n) is 6.51. The lowest BCUT2D eigenvalue weighted by atomic mass is 10.0. The highest BCUT2D eigenvalue weighted by molar-refractivity contribution is 7.92. The number of ether oxygens (including phenoxy) is 2. The summed E-state index contributed by atoms with van der Waals surface area (Å²) in [5.41, 5.74) is 2.98. The Labute approximate surface area is 243 Å². The number of anilines is 1. The number of nitrogens with zero attached hydrogens (tertiary/aromatic N) is 2. The molecule has 3 aromatic rings. The fourth-order valence-corrected chi connectivity index (χ4v) is 5.26. The first-order valence-corrected chi connectivity index (χ1v) is 15.2. The van der Waals surface area contributed by atoms with Gasteiger partial charge in [-0.05, 0) is 44.0 Å². The summed E-state index contributed by atoms with van der Waals surface area (Å²) in [6.45, 7) is 5.28. The van der Waals surface area contributed by atoms with Crippen LogP contribution >= 0.6 is 0 Å². The van der Waals surface area contributed by atoms with Crippen LogP contribution in [-0.2, 0) is 32.6 Å². The van der Waals surface area contributed by atoms with Crippen molar-refractivity contribution in [2.45, 2.75) is 45.8 Å². The third-order valence-corrected chi connectivity index (χ3v) is 7.65. The molecule has 0 unspecified atom stereocenters. The van der Waals surface area contributed by atoms with Crippen molar-refractivity contribution >= 4 is 27.5 Å². The van der Waals surface area contributed by atoms with E-state index in [0.717, 1.165) is 27.3 Å². The molecule has 9 nitrogen and oxygen atoms in total. The molecule has 0 spiro atoms. The van der Waals surface area contributed by atoms with Crippen molar-refractivity contribution in [1.29, 1.82) is 0 Å². The molecule has 2 amide bonds. The van der Waals surface area contributed by atoms with Crippen LogP contribution in [0.3, 0.4) is 0 Å². The highest BCUT2D eigenvalue weighted by Crippen LogP contribution is 2.32. The second-order valence-corrected chi connectivity index (χ2v) is 12.1. The molecule has 41 heavy (non-hydrogen) atoms. The van der Waals surface area contributed by atoms with Gasteiger partial charge in [-0.15, -0.1) is 0 Å². The van der Waals surface area contributed by atoms with E-state index in [9.17, 15) is 18.0 Å². The van der Waals surface area contributed by atoms with Crippen molar-refractivity contribution in [2.75, 3.05) is 31.3 Å². The Morgan fingerprint density at radius 1 is 0.878 bits per heavy atom. The molecule has 3 aromatic carbocycles. The van der Waals surface area contributed by atoms with Gasteiger partial charge in [-0.2, -0.15) is 0 Å². The maximum Gasteiger partial charge on any atom is 0.244 e. The topological polar surface area (TPSA) is 105 Å². The number of amides is 2. The Bertz CT molecular complexity index is 1430. The zero-order chi connectivity index (χ0) is 30.2. The molecule has 10 heteroatoms. The molecule has 0 saturated carbocycles. The quantitative estimate of drug-likeness (QED) is 0.328. The SMILES string of the molecule is COc1ccc(N(CC(=O)N(Cc2ccc(C)cc2)[C@@H](Cc2ccccc2)C(=O)NC(C)C)S(C)(=O)=O)cc1OC. The van der Waals surface area contributed by atoms with Crippen LogP contribution in [0.5, 0.6) is 11.5 Å². The van der Waals surface area contributed by atoms with E-state index in [1.54, 1.807) is 12.1 Å². The first-order valence-electron chi connectivity index (χ1n) is 13.3. The van der Waals surface area contributed by atoms with Crippen LogP contribution in [0, 0.1) is 6.92 Å². The van der Waals surface area contributed by atoms with Crippen LogP contribution in [0.25, 0.3) is 0 Å². The molecule has 0 aromatic heterocycles. The smallest absolute Gasteiger partial charge is 0.244 e. The molecule has 0 aliphatic rings. The highest BCUT2D eigenvalue weighted by Gasteiger charge is 2.33. The van der Waals surface area contributed by atoms with E-state index < -0.39 is 28.5 Å². The summed E-state index contributed by atoms with van der Waals surface area (Å²) < 4.78 is 37.6. The van der Waals surface area contributed by atoms with Crippen LogP contribution in [0.2, 0.25) is 0 Å². The molecular weight excluding hydrogens is 542 g/mol. The fraction of sp³-hybridized carbons (Fsp3) is 0.355. The molecule has 0 bridgehead atoms. The van der Waals surface area contributed by atoms with E-state index in [1.165, 1.54) is 25.2 Å². The summed E-state index contributed by atoms with van der Waals surface area (Å²) in [6.07, 6.45) is 1.29. The number of aryl methyl sites for hydroxylation is 1. The molecule has 220 valence electrons. The van der Waals surface area contributed by atoms with E-state index in [1.807, 2.05) is 75.4 Å². The number of hydrogen-bond acceptors (Lipinski definition) is 6. The second kappa shape index (κ2) is 14.0. The van der Waals surface area contributed by atoms with Gasteiger partial charge in [-0.25, -0.2) is 8.42 Å². The Kier molecular flexibility index (Phi) is 10.8. The minimum Gasteiger partial charge on any atom is -0.493 e. The summed E-state index contributed by atoms with van der Waals surface area (Å²) in [7, 11) is -0.978. The normalized spacial score (nSPS) is 12.0. The Morgan fingerprint density at radius 2 is 1.51 bits per heavy atom. The highest BCUT2D eigenvalue weighted by atomic mass is 32.2. The van der Waals surface area contributed by atoms with E-state index in [2.05, 4.69) is 5.32 Å². The first kappa shape index (κ1) is 31.5. The lowest BCUT2D eigenvalue weighted by Crippen LogP contribution is -2.54. The molecule has 0 saturated heterocycles. The summed E-state index contributed by atoms with van der Waals surface area (Å²) in [5, 5.41) is 2.94. The number of rotatable bonds is 13. The van der Waals surface area contributed by atoms with Gasteiger partial charge in [0, 0.05) is 25.1 Å². The van der Waals surface area contributed by atoms with Gasteiger partial charge >= 0.3 is 0 Å². The largest absolute Gasteiger partial charge is 0.493 e. The van der Waals surface area contributed by atoms with Crippen LogP contribution in [-0.4, -0.2) is 64.2 Å². The Hall–Kier alpha value is -4.05. The molecule has 0 fully saturated rings. The van der Waals surface area contributed by atoms with E-state index in [-0.39, 0.29) is 30.6 Å². The van der Waals surface area contributed by atoms with E-state index >= 15 is 0 Å². The van der Waals surface area contributed by atoms with Crippen molar-refractivity contribution in [3.63, 3.8) is 0 Å². The van der Waals surface area contributed by atoms with Gasteiger partial charge in [0.1, 0.15) is 12.6 Å². The lowest BCUT2D eigenvalue weighted by molar-refractivity contribution is -0.140. The van der Waals surface area contributed by atoms with Gasteiger partial charge in [0.2, 0.25) is 21.8 Å². The van der Waals surface area contributed by atoms with Crippen LogP contribution in [0.1, 0.15) is 30.5 Å². The number of methoxy groups -OCH3 is 2. The van der Waals surface area contributed by atoms with Crippen molar-refractivity contribution in [3.8, 4) is 11.5 Å². The number of benzene rings is 3. The third kappa shape index (κ3) is 8.72. The van der Waals surface area contributed by atoms with Crippen molar-refractivity contribution in [3.05, 3.63) is 89.5 Å². The summed E-state index contributed by atoms with van der Waals surface area (Å²) in [4.78, 5) is 29.2. The second-order valence-electron chi connectivity index (χ2n) is 10.2. The number of carbonyl (C=O) groups excluding carboxylic acids is 2. The molecule has 3 rings (SSSR count). The van der Waals surface area contributed by atoms with Crippen molar-refractivity contribution < 1.29 is 27.5 Å². The minimum absolute atomic E-state index is 0.117. The Morgan fingerprint density at radius 3 is 2.07 bits per heavy atom. The standard InChI is InChI=1S/C31H39N3O6S/c1-22(2)32-31(36)27(18-24-10-8-7-9-11-24)33(20-25-14-12-23(3)13-15-25)30(35)21-34(41(6,37)38)26-16-17-28(39-4)29(19-26)40-5/h7-17,19,22,27H,18,20-21H2,1-6H3,(H,32,36)/t27-/m0/s1. The zero-order valence-corrected chi connectivity index (χ0v) is 25.3. The molecule has 0 radical (unpaired) electrons. The lowest BCUT2D eigenvalue weighted by Gasteiger charge is -2.34. The number of hydrogen-bond donors (Lipinski definition) is 1. The monoisotopic (exact) mass is 581 g/mol. The van der Waals surface area contributed by atoms with Gasteiger partial charge in [-0.3, -0.25) is 13.9 Å². The molecule has 1 N–H and O–H groups in total. The minimum atomic E-state index is -3.90. The summed E-state index contributed by atoms with van der Waals surface area (Å²) in [5.74, 6) is -0.0989.